The average molecular weight is 398 g/mol. The van der Waals surface area contributed by atoms with Crippen LogP contribution in [0.25, 0.3) is 0 Å². The van der Waals surface area contributed by atoms with E-state index in [1.165, 1.54) is 5.56 Å². The maximum absolute atomic E-state index is 12.5. The van der Waals surface area contributed by atoms with E-state index in [0.29, 0.717) is 11.6 Å². The van der Waals surface area contributed by atoms with Crippen LogP contribution in [0, 0.1) is 0 Å². The zero-order valence-electron chi connectivity index (χ0n) is 17.8. The van der Waals surface area contributed by atoms with Crippen molar-refractivity contribution in [2.75, 3.05) is 31.6 Å². The predicted molar refractivity (Wildman–Crippen MR) is 114 cm³/mol. The maximum Gasteiger partial charge on any atom is 0.342 e. The molecule has 2 heterocycles. The fourth-order valence-electron chi connectivity index (χ4n) is 3.78. The van der Waals surface area contributed by atoms with Gasteiger partial charge in [0.2, 0.25) is 0 Å². The minimum absolute atomic E-state index is 0.151. The number of aromatic nitrogens is 1. The molecule has 1 unspecified atom stereocenters. The predicted octanol–water partition coefficient (Wildman–Crippen LogP) is 3.76. The maximum atomic E-state index is 12.5. The Balaban J connectivity index is 1.69. The summed E-state index contributed by atoms with van der Waals surface area (Å²) in [6, 6.07) is 12.2. The number of nitrogens with zero attached hydrogens (tertiary/aromatic N) is 3. The molecule has 0 spiro atoms. The average Bonchev–Trinajstić information content (AvgIpc) is 3.22. The van der Waals surface area contributed by atoms with Crippen molar-refractivity contribution >= 4 is 11.8 Å². The molecule has 1 aromatic carbocycles. The summed E-state index contributed by atoms with van der Waals surface area (Å²) in [5.41, 5.74) is 1.81. The zero-order valence-corrected chi connectivity index (χ0v) is 17.8. The second kappa shape index (κ2) is 9.74. The van der Waals surface area contributed by atoms with Crippen LogP contribution in [0.2, 0.25) is 0 Å². The number of hydrogen-bond donors (Lipinski definition) is 0. The third-order valence-corrected chi connectivity index (χ3v) is 5.28. The van der Waals surface area contributed by atoms with Crippen molar-refractivity contribution in [3.63, 3.8) is 0 Å². The van der Waals surface area contributed by atoms with Crippen LogP contribution < -0.4 is 9.64 Å². The molecule has 0 radical (unpaired) electrons. The first kappa shape index (κ1) is 21.1. The molecule has 3 rings (SSSR count). The quantitative estimate of drug-likeness (QED) is 0.632. The van der Waals surface area contributed by atoms with Gasteiger partial charge in [-0.25, -0.2) is 9.78 Å². The summed E-state index contributed by atoms with van der Waals surface area (Å²) in [6.07, 6.45) is 2.63. The molecule has 0 bridgehead atoms. The molecule has 156 valence electrons. The highest BCUT2D eigenvalue weighted by Crippen LogP contribution is 2.26. The van der Waals surface area contributed by atoms with Crippen LogP contribution in [0.3, 0.4) is 0 Å². The lowest BCUT2D eigenvalue weighted by atomic mass is 10.1. The molecule has 0 amide bonds. The smallest absolute Gasteiger partial charge is 0.342 e. The SMILES string of the molecule is CCN(Cc1ccc(OC)cc1)C1CCN(c2ncccc2C(=O)OC(C)C)C1. The number of likely N-dealkylation sites (N-methyl/N-ethyl adjacent to an activating group) is 1. The number of ether oxygens (including phenoxy) is 2. The number of anilines is 1. The minimum atomic E-state index is -0.308. The van der Waals surface area contributed by atoms with E-state index in [1.807, 2.05) is 26.0 Å². The highest BCUT2D eigenvalue weighted by atomic mass is 16.5. The van der Waals surface area contributed by atoms with Gasteiger partial charge >= 0.3 is 5.97 Å². The van der Waals surface area contributed by atoms with E-state index in [2.05, 4.69) is 33.8 Å². The van der Waals surface area contributed by atoms with Crippen LogP contribution in [0.5, 0.6) is 5.75 Å². The molecule has 6 heteroatoms. The van der Waals surface area contributed by atoms with E-state index in [9.17, 15) is 4.79 Å². The first-order valence-electron chi connectivity index (χ1n) is 10.3. The first-order chi connectivity index (χ1) is 14.0. The normalized spacial score (nSPS) is 16.5. The minimum Gasteiger partial charge on any atom is -0.497 e. The van der Waals surface area contributed by atoms with Crippen molar-refractivity contribution in [2.45, 2.75) is 45.9 Å². The van der Waals surface area contributed by atoms with Gasteiger partial charge in [0.25, 0.3) is 0 Å². The Labute approximate surface area is 173 Å². The Morgan fingerprint density at radius 1 is 1.28 bits per heavy atom. The fourth-order valence-corrected chi connectivity index (χ4v) is 3.78. The van der Waals surface area contributed by atoms with Crippen molar-refractivity contribution in [2.24, 2.45) is 0 Å². The number of benzene rings is 1. The third kappa shape index (κ3) is 5.26. The van der Waals surface area contributed by atoms with E-state index in [-0.39, 0.29) is 12.1 Å². The van der Waals surface area contributed by atoms with Gasteiger partial charge in [0, 0.05) is 31.9 Å². The summed E-state index contributed by atoms with van der Waals surface area (Å²) in [5.74, 6) is 1.29. The van der Waals surface area contributed by atoms with Gasteiger partial charge in [-0.3, -0.25) is 4.90 Å². The van der Waals surface area contributed by atoms with Crippen molar-refractivity contribution in [3.05, 3.63) is 53.7 Å². The van der Waals surface area contributed by atoms with Gasteiger partial charge in [0.1, 0.15) is 17.1 Å². The second-order valence-electron chi connectivity index (χ2n) is 7.63. The Hall–Kier alpha value is -2.60. The fraction of sp³-hybridized carbons (Fsp3) is 0.478. The van der Waals surface area contributed by atoms with Crippen LogP contribution >= 0.6 is 0 Å². The Morgan fingerprint density at radius 2 is 2.03 bits per heavy atom. The van der Waals surface area contributed by atoms with E-state index >= 15 is 0 Å². The third-order valence-electron chi connectivity index (χ3n) is 5.28. The van der Waals surface area contributed by atoms with Gasteiger partial charge in [-0.05, 0) is 56.6 Å². The number of carbonyl (C=O) groups excluding carboxylic acids is 1. The number of pyridine rings is 1. The summed E-state index contributed by atoms with van der Waals surface area (Å²) < 4.78 is 10.7. The van der Waals surface area contributed by atoms with Crippen molar-refractivity contribution in [1.82, 2.24) is 9.88 Å². The topological polar surface area (TPSA) is 54.9 Å². The van der Waals surface area contributed by atoms with Crippen molar-refractivity contribution < 1.29 is 14.3 Å². The number of esters is 1. The standard InChI is InChI=1S/C23H31N3O3/c1-5-25(15-18-8-10-20(28-4)11-9-18)19-12-14-26(16-19)22-21(7-6-13-24-22)23(27)29-17(2)3/h6-11,13,17,19H,5,12,14-16H2,1-4H3. The number of methoxy groups -OCH3 is 1. The number of carbonyl (C=O) groups is 1. The van der Waals surface area contributed by atoms with Crippen LogP contribution in [0.1, 0.15) is 43.1 Å². The molecule has 1 aliphatic heterocycles. The summed E-state index contributed by atoms with van der Waals surface area (Å²) >= 11 is 0. The lowest BCUT2D eigenvalue weighted by Gasteiger charge is -2.28. The highest BCUT2D eigenvalue weighted by molar-refractivity contribution is 5.94. The monoisotopic (exact) mass is 397 g/mol. The molecule has 0 aliphatic carbocycles. The van der Waals surface area contributed by atoms with Gasteiger partial charge in [-0.1, -0.05) is 19.1 Å². The Bertz CT molecular complexity index is 807. The molecule has 1 saturated heterocycles. The molecule has 6 nitrogen and oxygen atoms in total. The molecule has 29 heavy (non-hydrogen) atoms. The van der Waals surface area contributed by atoms with Crippen molar-refractivity contribution in [3.8, 4) is 5.75 Å². The summed E-state index contributed by atoms with van der Waals surface area (Å²) in [5, 5.41) is 0. The van der Waals surface area contributed by atoms with Gasteiger partial charge in [-0.2, -0.15) is 0 Å². The zero-order chi connectivity index (χ0) is 20.8. The van der Waals surface area contributed by atoms with E-state index < -0.39 is 0 Å². The van der Waals surface area contributed by atoms with Crippen LogP contribution in [0.4, 0.5) is 5.82 Å². The van der Waals surface area contributed by atoms with E-state index in [4.69, 9.17) is 9.47 Å². The molecule has 0 saturated carbocycles. The summed E-state index contributed by atoms with van der Waals surface area (Å²) in [4.78, 5) is 21.7. The second-order valence-corrected chi connectivity index (χ2v) is 7.63. The molecular formula is C23H31N3O3. The molecule has 1 aromatic heterocycles. The van der Waals surface area contributed by atoms with Gasteiger partial charge < -0.3 is 14.4 Å². The molecule has 1 aliphatic rings. The lowest BCUT2D eigenvalue weighted by molar-refractivity contribution is 0.0378. The number of rotatable bonds is 8. The largest absolute Gasteiger partial charge is 0.497 e. The van der Waals surface area contributed by atoms with Gasteiger partial charge in [0.15, 0.2) is 0 Å². The highest BCUT2D eigenvalue weighted by Gasteiger charge is 2.30. The molecule has 1 atom stereocenters. The molecule has 0 N–H and O–H groups in total. The van der Waals surface area contributed by atoms with Crippen molar-refractivity contribution in [1.29, 1.82) is 0 Å². The summed E-state index contributed by atoms with van der Waals surface area (Å²) in [6.45, 7) is 9.50. The Kier molecular flexibility index (Phi) is 7.09. The molecular weight excluding hydrogens is 366 g/mol. The van der Waals surface area contributed by atoms with Gasteiger partial charge in [0.05, 0.1) is 13.2 Å². The summed E-state index contributed by atoms with van der Waals surface area (Å²) in [7, 11) is 1.68. The van der Waals surface area contributed by atoms with Gasteiger partial charge in [-0.15, -0.1) is 0 Å². The number of hydrogen-bond acceptors (Lipinski definition) is 6. The molecule has 1 fully saturated rings. The van der Waals surface area contributed by atoms with E-state index in [1.54, 1.807) is 25.4 Å². The van der Waals surface area contributed by atoms with Crippen LogP contribution in [-0.2, 0) is 11.3 Å². The molecule has 2 aromatic rings. The van der Waals surface area contributed by atoms with E-state index in [0.717, 1.165) is 44.2 Å². The van der Waals surface area contributed by atoms with Crippen LogP contribution in [0.15, 0.2) is 42.6 Å². The lowest BCUT2D eigenvalue weighted by Crippen LogP contribution is -2.37. The first-order valence-corrected chi connectivity index (χ1v) is 10.3. The van der Waals surface area contributed by atoms with Crippen LogP contribution in [-0.4, -0.2) is 54.7 Å². The Morgan fingerprint density at radius 3 is 2.69 bits per heavy atom.